The molecule has 2 N–H and O–H groups in total. The number of hydrogen-bond acceptors (Lipinski definition) is 9. The molecule has 1 aliphatic rings. The van der Waals surface area contributed by atoms with Crippen molar-refractivity contribution in [3.05, 3.63) is 66.5 Å². The minimum Gasteiger partial charge on any atom is -0.444 e. The highest BCUT2D eigenvalue weighted by atomic mass is 16.6. The summed E-state index contributed by atoms with van der Waals surface area (Å²) in [5, 5.41) is 16.6. The number of pyridine rings is 1. The molecule has 2 aromatic heterocycles. The lowest BCUT2D eigenvalue weighted by Crippen LogP contribution is -2.47. The van der Waals surface area contributed by atoms with Crippen LogP contribution < -0.4 is 15.4 Å². The van der Waals surface area contributed by atoms with Crippen molar-refractivity contribution >= 4 is 34.4 Å². The molecule has 4 aromatic rings. The molecule has 44 heavy (non-hydrogen) atoms. The van der Waals surface area contributed by atoms with E-state index in [0.717, 1.165) is 29.2 Å². The predicted molar refractivity (Wildman–Crippen MR) is 167 cm³/mol. The number of nitrogens with one attached hydrogen (secondary N) is 2. The van der Waals surface area contributed by atoms with Gasteiger partial charge >= 0.3 is 6.09 Å². The number of aryl methyl sites for hydroxylation is 1. The molecule has 0 aliphatic carbocycles. The van der Waals surface area contributed by atoms with E-state index in [4.69, 9.17) is 19.7 Å². The van der Waals surface area contributed by atoms with Gasteiger partial charge in [0.25, 0.3) is 0 Å². The van der Waals surface area contributed by atoms with E-state index < -0.39 is 5.60 Å². The molecule has 0 unspecified atom stereocenters. The van der Waals surface area contributed by atoms with Gasteiger partial charge in [0, 0.05) is 48.0 Å². The zero-order valence-corrected chi connectivity index (χ0v) is 25.3. The maximum Gasteiger partial charge on any atom is 0.410 e. The Kier molecular flexibility index (Phi) is 8.90. The van der Waals surface area contributed by atoms with Gasteiger partial charge in [-0.3, -0.25) is 4.79 Å². The first-order valence-electron chi connectivity index (χ1n) is 14.5. The van der Waals surface area contributed by atoms with Crippen LogP contribution in [0.1, 0.15) is 45.6 Å². The van der Waals surface area contributed by atoms with Crippen LogP contribution in [0.2, 0.25) is 0 Å². The van der Waals surface area contributed by atoms with Gasteiger partial charge in [-0.25, -0.2) is 19.7 Å². The Morgan fingerprint density at radius 2 is 1.91 bits per heavy atom. The number of carbonyl (C=O) groups excluding carboxylic acids is 2. The number of ether oxygens (including phenoxy) is 2. The topological polar surface area (TPSA) is 142 Å². The molecule has 226 valence electrons. The van der Waals surface area contributed by atoms with Gasteiger partial charge < -0.3 is 25.0 Å². The Morgan fingerprint density at radius 1 is 1.07 bits per heavy atom. The van der Waals surface area contributed by atoms with Crippen LogP contribution in [0.5, 0.6) is 11.6 Å². The summed E-state index contributed by atoms with van der Waals surface area (Å²) in [4.78, 5) is 40.2. The van der Waals surface area contributed by atoms with Crippen molar-refractivity contribution in [2.24, 2.45) is 0 Å². The predicted octanol–water partition coefficient (Wildman–Crippen LogP) is 6.46. The van der Waals surface area contributed by atoms with Crippen molar-refractivity contribution < 1.29 is 19.1 Å². The van der Waals surface area contributed by atoms with Crippen molar-refractivity contribution in [1.29, 1.82) is 5.26 Å². The van der Waals surface area contributed by atoms with Gasteiger partial charge in [0.15, 0.2) is 0 Å². The molecule has 5 rings (SSSR count). The van der Waals surface area contributed by atoms with Crippen molar-refractivity contribution in [2.45, 2.75) is 58.6 Å². The standard InChI is InChI=1S/C33H35N7O4/c1-21-12-13-23-24(9-5-11-26(23)38-28(41)14-16-34)29(21)43-30-25(10-6-17-35-30)27-15-18-36-31(39-27)37-22-8-7-19-40(20-22)32(42)44-33(2,3)4/h5-6,9-13,15,17-18,22H,7-8,14,19-20H2,1-4H3,(H,38,41)(H,36,37,39)/t22-/m0/s1. The molecular formula is C33H35N7O4. The van der Waals surface area contributed by atoms with Crippen LogP contribution in [0.15, 0.2) is 60.9 Å². The lowest BCUT2D eigenvalue weighted by molar-refractivity contribution is -0.115. The van der Waals surface area contributed by atoms with E-state index in [-0.39, 0.29) is 24.5 Å². The third-order valence-corrected chi connectivity index (χ3v) is 7.03. The second kappa shape index (κ2) is 13.0. The van der Waals surface area contributed by atoms with Gasteiger partial charge in [0.05, 0.1) is 17.3 Å². The molecule has 11 heteroatoms. The fraction of sp³-hybridized carbons (Fsp3) is 0.333. The number of benzene rings is 2. The highest BCUT2D eigenvalue weighted by molar-refractivity contribution is 6.05. The summed E-state index contributed by atoms with van der Waals surface area (Å²) in [5.74, 6) is 1.01. The summed E-state index contributed by atoms with van der Waals surface area (Å²) in [5.41, 5.74) is 2.21. The minimum absolute atomic E-state index is 0.0303. The Balaban J connectivity index is 1.39. The number of fused-ring (bicyclic) bond motifs is 1. The van der Waals surface area contributed by atoms with E-state index in [0.29, 0.717) is 47.6 Å². The SMILES string of the molecule is Cc1ccc2c(NC(=O)CC#N)cccc2c1Oc1ncccc1-c1ccnc(N[C@H]2CCCN(C(=O)OC(C)(C)C)C2)n1. The van der Waals surface area contributed by atoms with Crippen molar-refractivity contribution in [2.75, 3.05) is 23.7 Å². The van der Waals surface area contributed by atoms with Crippen LogP contribution in [0.25, 0.3) is 22.0 Å². The number of aromatic nitrogens is 3. The monoisotopic (exact) mass is 593 g/mol. The van der Waals surface area contributed by atoms with Gasteiger partial charge in [0.1, 0.15) is 17.8 Å². The molecule has 1 aliphatic heterocycles. The van der Waals surface area contributed by atoms with E-state index in [2.05, 4.69) is 20.6 Å². The van der Waals surface area contributed by atoms with E-state index in [1.165, 1.54) is 0 Å². The summed E-state index contributed by atoms with van der Waals surface area (Å²) >= 11 is 0. The van der Waals surface area contributed by atoms with Gasteiger partial charge in [-0.2, -0.15) is 5.26 Å². The molecule has 1 atom stereocenters. The number of carbonyl (C=O) groups is 2. The first-order valence-corrected chi connectivity index (χ1v) is 14.5. The van der Waals surface area contributed by atoms with Crippen molar-refractivity contribution in [3.63, 3.8) is 0 Å². The number of anilines is 2. The number of hydrogen-bond donors (Lipinski definition) is 2. The fourth-order valence-electron chi connectivity index (χ4n) is 5.06. The molecule has 1 fully saturated rings. The van der Waals surface area contributed by atoms with Crippen LogP contribution in [0.4, 0.5) is 16.4 Å². The Hall–Kier alpha value is -5.24. The Morgan fingerprint density at radius 3 is 2.70 bits per heavy atom. The zero-order chi connectivity index (χ0) is 31.3. The smallest absolute Gasteiger partial charge is 0.410 e. The first-order chi connectivity index (χ1) is 21.1. The first kappa shape index (κ1) is 30.2. The lowest BCUT2D eigenvalue weighted by Gasteiger charge is -2.34. The second-order valence-electron chi connectivity index (χ2n) is 11.6. The molecular weight excluding hydrogens is 558 g/mol. The number of rotatable bonds is 7. The molecule has 0 saturated carbocycles. The van der Waals surface area contributed by atoms with E-state index >= 15 is 0 Å². The van der Waals surface area contributed by atoms with Crippen molar-refractivity contribution in [3.8, 4) is 29.0 Å². The average molecular weight is 594 g/mol. The maximum absolute atomic E-state index is 12.6. The van der Waals surface area contributed by atoms with E-state index in [9.17, 15) is 9.59 Å². The molecule has 1 saturated heterocycles. The highest BCUT2D eigenvalue weighted by Gasteiger charge is 2.28. The van der Waals surface area contributed by atoms with Gasteiger partial charge in [-0.15, -0.1) is 0 Å². The average Bonchev–Trinajstić information content (AvgIpc) is 2.98. The normalized spacial score (nSPS) is 14.9. The second-order valence-corrected chi connectivity index (χ2v) is 11.6. The third-order valence-electron chi connectivity index (χ3n) is 7.03. The van der Waals surface area contributed by atoms with Crippen LogP contribution >= 0.6 is 0 Å². The fourth-order valence-corrected chi connectivity index (χ4v) is 5.06. The molecule has 0 bridgehead atoms. The molecule has 3 heterocycles. The molecule has 11 nitrogen and oxygen atoms in total. The number of likely N-dealkylation sites (tertiary alicyclic amines) is 1. The largest absolute Gasteiger partial charge is 0.444 e. The molecule has 0 radical (unpaired) electrons. The van der Waals surface area contributed by atoms with Crippen molar-refractivity contribution in [1.82, 2.24) is 19.9 Å². The molecule has 0 spiro atoms. The number of amides is 2. The Bertz CT molecular complexity index is 1730. The number of nitriles is 1. The number of nitrogens with zero attached hydrogens (tertiary/aromatic N) is 5. The summed E-state index contributed by atoms with van der Waals surface area (Å²) < 4.78 is 12.0. The molecule has 2 aromatic carbocycles. The summed E-state index contributed by atoms with van der Waals surface area (Å²) in [6, 6.07) is 16.7. The summed E-state index contributed by atoms with van der Waals surface area (Å²) in [6.07, 6.45) is 4.48. The van der Waals surface area contributed by atoms with E-state index in [1.807, 2.05) is 70.2 Å². The quantitative estimate of drug-likeness (QED) is 0.247. The zero-order valence-electron chi connectivity index (χ0n) is 25.3. The lowest BCUT2D eigenvalue weighted by atomic mass is 10.0. The van der Waals surface area contributed by atoms with E-state index in [1.54, 1.807) is 29.4 Å². The van der Waals surface area contributed by atoms with Crippen LogP contribution in [-0.4, -0.2) is 56.6 Å². The van der Waals surface area contributed by atoms with Gasteiger partial charge in [0.2, 0.25) is 17.7 Å². The van der Waals surface area contributed by atoms with Crippen LogP contribution in [0, 0.1) is 18.3 Å². The minimum atomic E-state index is -0.556. The highest BCUT2D eigenvalue weighted by Crippen LogP contribution is 2.38. The molecule has 2 amide bonds. The number of piperidine rings is 1. The maximum atomic E-state index is 12.6. The Labute approximate surface area is 256 Å². The summed E-state index contributed by atoms with van der Waals surface area (Å²) in [7, 11) is 0. The van der Waals surface area contributed by atoms with Gasteiger partial charge in [-0.1, -0.05) is 24.3 Å². The van der Waals surface area contributed by atoms with Crippen LogP contribution in [-0.2, 0) is 9.53 Å². The summed E-state index contributed by atoms with van der Waals surface area (Å²) in [6.45, 7) is 8.65. The van der Waals surface area contributed by atoms with Crippen LogP contribution in [0.3, 0.4) is 0 Å². The third kappa shape index (κ3) is 7.21. The van der Waals surface area contributed by atoms with Gasteiger partial charge in [-0.05, 0) is 70.4 Å².